The molecule has 2 N–H and O–H groups in total. The highest BCUT2D eigenvalue weighted by molar-refractivity contribution is 5.83. The lowest BCUT2D eigenvalue weighted by molar-refractivity contribution is -0.154. The van der Waals surface area contributed by atoms with Gasteiger partial charge in [0.2, 0.25) is 0 Å². The summed E-state index contributed by atoms with van der Waals surface area (Å²) in [7, 11) is 0. The van der Waals surface area contributed by atoms with Crippen LogP contribution in [0.4, 0.5) is 0 Å². The smallest absolute Gasteiger partial charge is 0.306 e. The molecule has 0 fully saturated rings. The van der Waals surface area contributed by atoms with E-state index in [-0.39, 0.29) is 17.9 Å². The minimum atomic E-state index is -0.862. The van der Waals surface area contributed by atoms with Gasteiger partial charge in [0, 0.05) is 18.7 Å². The molecule has 0 aromatic carbocycles. The minimum absolute atomic E-state index is 0.0513. The van der Waals surface area contributed by atoms with Gasteiger partial charge < -0.3 is 15.0 Å². The van der Waals surface area contributed by atoms with E-state index in [1.54, 1.807) is 13.8 Å². The van der Waals surface area contributed by atoms with Crippen molar-refractivity contribution in [2.24, 2.45) is 5.92 Å². The van der Waals surface area contributed by atoms with Crippen molar-refractivity contribution >= 4 is 11.9 Å². The highest BCUT2D eigenvalue weighted by Crippen LogP contribution is 2.15. The van der Waals surface area contributed by atoms with Crippen LogP contribution in [-0.4, -0.2) is 29.5 Å². The number of H-pyrrole nitrogens is 1. The zero-order valence-electron chi connectivity index (χ0n) is 15.4. The number of esters is 1. The Balaban J connectivity index is 2.67. The van der Waals surface area contributed by atoms with Gasteiger partial charge >= 0.3 is 5.97 Å². The molecule has 7 heteroatoms. The molecule has 1 aromatic heterocycles. The molecular weight excluding hydrogens is 322 g/mol. The second kappa shape index (κ2) is 9.02. The lowest BCUT2D eigenvalue weighted by Crippen LogP contribution is -2.37. The van der Waals surface area contributed by atoms with Crippen LogP contribution in [0, 0.1) is 31.1 Å². The normalized spacial score (nSPS) is 11.7. The largest absolute Gasteiger partial charge is 0.453 e. The van der Waals surface area contributed by atoms with Crippen LogP contribution >= 0.6 is 0 Å². The number of aromatic amines is 1. The van der Waals surface area contributed by atoms with Crippen molar-refractivity contribution in [1.29, 1.82) is 5.26 Å². The maximum absolute atomic E-state index is 12.0. The number of nitrogens with zero attached hydrogens (tertiary/aromatic N) is 1. The van der Waals surface area contributed by atoms with E-state index < -0.39 is 17.6 Å². The van der Waals surface area contributed by atoms with Crippen LogP contribution < -0.4 is 10.9 Å². The zero-order chi connectivity index (χ0) is 19.1. The summed E-state index contributed by atoms with van der Waals surface area (Å²) < 4.78 is 5.14. The minimum Gasteiger partial charge on any atom is -0.453 e. The van der Waals surface area contributed by atoms with Crippen LogP contribution in [0.1, 0.15) is 49.6 Å². The highest BCUT2D eigenvalue weighted by atomic mass is 16.5. The Morgan fingerprint density at radius 3 is 2.48 bits per heavy atom. The number of rotatable bonds is 7. The maximum Gasteiger partial charge on any atom is 0.306 e. The van der Waals surface area contributed by atoms with Crippen molar-refractivity contribution in [2.75, 3.05) is 6.54 Å². The van der Waals surface area contributed by atoms with Gasteiger partial charge in [-0.05, 0) is 44.2 Å². The summed E-state index contributed by atoms with van der Waals surface area (Å²) in [6.45, 7) is 9.40. The van der Waals surface area contributed by atoms with Gasteiger partial charge in [0.05, 0.1) is 0 Å². The molecule has 0 aliphatic heterocycles. The third-order valence-electron chi connectivity index (χ3n) is 3.86. The van der Waals surface area contributed by atoms with Gasteiger partial charge in [-0.1, -0.05) is 13.8 Å². The van der Waals surface area contributed by atoms with Gasteiger partial charge in [-0.2, -0.15) is 5.26 Å². The molecule has 1 amide bonds. The van der Waals surface area contributed by atoms with Crippen molar-refractivity contribution in [3.05, 3.63) is 32.7 Å². The first-order chi connectivity index (χ1) is 11.7. The van der Waals surface area contributed by atoms with E-state index in [0.29, 0.717) is 30.1 Å². The Hall–Kier alpha value is -2.62. The van der Waals surface area contributed by atoms with E-state index in [4.69, 9.17) is 10.00 Å². The number of nitrogens with one attached hydrogen (secondary N) is 2. The van der Waals surface area contributed by atoms with E-state index in [2.05, 4.69) is 10.3 Å². The summed E-state index contributed by atoms with van der Waals surface area (Å²) in [6.07, 6.45) is -0.485. The standard InChI is InChI=1S/C18H25N3O4/c1-10(2)9-20-17(23)13(5)25-16(22)7-6-14-11(3)15(8-19)18(24)21-12(14)4/h10,13H,6-7,9H2,1-5H3,(H,20,23)(H,21,24)/t13-/m1/s1. The summed E-state index contributed by atoms with van der Waals surface area (Å²) in [5.41, 5.74) is 1.55. The fourth-order valence-corrected chi connectivity index (χ4v) is 2.41. The summed E-state index contributed by atoms with van der Waals surface area (Å²) in [5.74, 6) is -0.520. The van der Waals surface area contributed by atoms with Gasteiger partial charge in [-0.3, -0.25) is 14.4 Å². The number of hydrogen-bond donors (Lipinski definition) is 2. The second-order valence-corrected chi connectivity index (χ2v) is 6.44. The van der Waals surface area contributed by atoms with E-state index in [1.165, 1.54) is 6.92 Å². The first kappa shape index (κ1) is 20.4. The molecule has 0 saturated heterocycles. The van der Waals surface area contributed by atoms with E-state index >= 15 is 0 Å². The predicted molar refractivity (Wildman–Crippen MR) is 93.0 cm³/mol. The predicted octanol–water partition coefficient (Wildman–Crippen LogP) is 1.50. The van der Waals surface area contributed by atoms with Crippen molar-refractivity contribution in [1.82, 2.24) is 10.3 Å². The molecule has 0 saturated carbocycles. The molecule has 136 valence electrons. The molecule has 1 aromatic rings. The second-order valence-electron chi connectivity index (χ2n) is 6.44. The monoisotopic (exact) mass is 347 g/mol. The fourth-order valence-electron chi connectivity index (χ4n) is 2.41. The van der Waals surface area contributed by atoms with Crippen LogP contribution in [0.15, 0.2) is 4.79 Å². The molecule has 0 aliphatic carbocycles. The molecular formula is C18H25N3O4. The van der Waals surface area contributed by atoms with Crippen molar-refractivity contribution in [2.45, 2.75) is 53.6 Å². The third kappa shape index (κ3) is 5.75. The fraction of sp³-hybridized carbons (Fsp3) is 0.556. The molecule has 7 nitrogen and oxygen atoms in total. The zero-order valence-corrected chi connectivity index (χ0v) is 15.4. The summed E-state index contributed by atoms with van der Waals surface area (Å²) in [6, 6.07) is 1.88. The Bertz CT molecular complexity index is 744. The van der Waals surface area contributed by atoms with Gasteiger partial charge in [-0.15, -0.1) is 0 Å². The molecule has 0 spiro atoms. The maximum atomic E-state index is 12.0. The van der Waals surface area contributed by atoms with Gasteiger partial charge in [-0.25, -0.2) is 0 Å². The Morgan fingerprint density at radius 1 is 1.28 bits per heavy atom. The van der Waals surface area contributed by atoms with Crippen molar-refractivity contribution in [3.63, 3.8) is 0 Å². The summed E-state index contributed by atoms with van der Waals surface area (Å²) in [4.78, 5) is 38.1. The summed E-state index contributed by atoms with van der Waals surface area (Å²) >= 11 is 0. The van der Waals surface area contributed by atoms with E-state index in [9.17, 15) is 14.4 Å². The first-order valence-corrected chi connectivity index (χ1v) is 8.27. The number of nitriles is 1. The molecule has 1 rings (SSSR count). The Morgan fingerprint density at radius 2 is 1.92 bits per heavy atom. The number of carbonyl (C=O) groups excluding carboxylic acids is 2. The van der Waals surface area contributed by atoms with E-state index in [1.807, 2.05) is 19.9 Å². The Labute approximate surface area is 147 Å². The number of aromatic nitrogens is 1. The average molecular weight is 347 g/mol. The lowest BCUT2D eigenvalue weighted by atomic mass is 9.99. The molecule has 0 aliphatic rings. The van der Waals surface area contributed by atoms with Crippen LogP contribution in [0.2, 0.25) is 0 Å². The molecule has 1 atom stereocenters. The quantitative estimate of drug-likeness (QED) is 0.726. The number of aryl methyl sites for hydroxylation is 1. The third-order valence-corrected chi connectivity index (χ3v) is 3.86. The molecule has 0 unspecified atom stereocenters. The first-order valence-electron chi connectivity index (χ1n) is 8.27. The number of pyridine rings is 1. The molecule has 25 heavy (non-hydrogen) atoms. The number of ether oxygens (including phenoxy) is 1. The van der Waals surface area contributed by atoms with Crippen LogP contribution in [0.25, 0.3) is 0 Å². The Kier molecular flexibility index (Phi) is 7.37. The van der Waals surface area contributed by atoms with Gasteiger partial charge in [0.1, 0.15) is 11.6 Å². The molecule has 1 heterocycles. The molecule has 0 bridgehead atoms. The van der Waals surface area contributed by atoms with Crippen LogP contribution in [0.3, 0.4) is 0 Å². The number of amides is 1. The van der Waals surface area contributed by atoms with Gasteiger partial charge in [0.15, 0.2) is 6.10 Å². The lowest BCUT2D eigenvalue weighted by Gasteiger charge is -2.15. The molecule has 0 radical (unpaired) electrons. The average Bonchev–Trinajstić information content (AvgIpc) is 2.52. The van der Waals surface area contributed by atoms with E-state index in [0.717, 1.165) is 5.56 Å². The van der Waals surface area contributed by atoms with Crippen molar-refractivity contribution in [3.8, 4) is 6.07 Å². The highest BCUT2D eigenvalue weighted by Gasteiger charge is 2.19. The van der Waals surface area contributed by atoms with Crippen LogP contribution in [0.5, 0.6) is 0 Å². The number of carbonyl (C=O) groups is 2. The topological polar surface area (TPSA) is 112 Å². The van der Waals surface area contributed by atoms with Crippen molar-refractivity contribution < 1.29 is 14.3 Å². The SMILES string of the molecule is Cc1[nH]c(=O)c(C#N)c(C)c1CCC(=O)O[C@H](C)C(=O)NCC(C)C. The summed E-state index contributed by atoms with van der Waals surface area (Å²) in [5, 5.41) is 11.8. The van der Waals surface area contributed by atoms with Gasteiger partial charge in [0.25, 0.3) is 11.5 Å². The van der Waals surface area contributed by atoms with Crippen LogP contribution in [-0.2, 0) is 20.7 Å². The number of hydrogen-bond acceptors (Lipinski definition) is 5.